The number of rotatable bonds is 0. The van der Waals surface area contributed by atoms with Crippen LogP contribution < -0.4 is 0 Å². The Morgan fingerprint density at radius 1 is 1.50 bits per heavy atom. The van der Waals surface area contributed by atoms with Crippen LogP contribution in [0.4, 0.5) is 0 Å². The van der Waals surface area contributed by atoms with Crippen molar-refractivity contribution < 1.29 is 0 Å². The lowest BCUT2D eigenvalue weighted by Crippen LogP contribution is -2.21. The molecule has 0 aromatic heterocycles. The van der Waals surface area contributed by atoms with E-state index in [0.29, 0.717) is 0 Å². The first-order valence-corrected chi connectivity index (χ1v) is 3.30. The van der Waals surface area contributed by atoms with Gasteiger partial charge in [-0.15, -0.1) is 0 Å². The molecule has 0 aromatic carbocycles. The second-order valence-corrected chi connectivity index (χ2v) is 2.25. The van der Waals surface area contributed by atoms with E-state index in [9.17, 15) is 0 Å². The third-order valence-corrected chi connectivity index (χ3v) is 1.58. The fraction of sp³-hybridized carbons (Fsp3) is 0.125. The van der Waals surface area contributed by atoms with E-state index in [1.165, 1.54) is 5.70 Å². The van der Waals surface area contributed by atoms with Crippen molar-refractivity contribution in [1.82, 2.24) is 4.90 Å². The molecule has 2 heteroatoms. The van der Waals surface area contributed by atoms with Gasteiger partial charge in [-0.05, 0) is 6.08 Å². The van der Waals surface area contributed by atoms with Gasteiger partial charge in [0.05, 0.1) is 11.9 Å². The predicted octanol–water partition coefficient (Wildman–Crippen LogP) is 1.30. The van der Waals surface area contributed by atoms with E-state index in [-0.39, 0.29) is 0 Å². The largest absolute Gasteiger partial charge is 0.341 e. The zero-order chi connectivity index (χ0) is 6.81. The maximum absolute atomic E-state index is 4.01. The minimum absolute atomic E-state index is 0.967. The van der Waals surface area contributed by atoms with Crippen LogP contribution in [0, 0.1) is 0 Å². The quantitative estimate of drug-likeness (QED) is 0.485. The van der Waals surface area contributed by atoms with Crippen LogP contribution in [0.1, 0.15) is 0 Å². The van der Waals surface area contributed by atoms with Crippen molar-refractivity contribution in [1.29, 1.82) is 0 Å². The Hall–Kier alpha value is -1.31. The fourth-order valence-corrected chi connectivity index (χ4v) is 1.04. The summed E-state index contributed by atoms with van der Waals surface area (Å²) in [5, 5.41) is 0. The molecule has 0 aromatic rings. The fourth-order valence-electron chi connectivity index (χ4n) is 1.04. The number of allylic oxidation sites excluding steroid dienone is 3. The van der Waals surface area contributed by atoms with E-state index < -0.39 is 0 Å². The molecule has 0 unspecified atom stereocenters. The molecule has 0 saturated carbocycles. The van der Waals surface area contributed by atoms with E-state index in [2.05, 4.69) is 28.1 Å². The smallest absolute Gasteiger partial charge is 0.0595 e. The van der Waals surface area contributed by atoms with Crippen LogP contribution >= 0.6 is 0 Å². The summed E-state index contributed by atoms with van der Waals surface area (Å²) in [6.45, 7) is 0.967. The maximum Gasteiger partial charge on any atom is 0.0595 e. The van der Waals surface area contributed by atoms with Crippen LogP contribution in [0.3, 0.4) is 0 Å². The summed E-state index contributed by atoms with van der Waals surface area (Å²) in [5.41, 5.74) is 1.17. The van der Waals surface area contributed by atoms with Gasteiger partial charge in [-0.1, -0.05) is 12.2 Å². The molecule has 0 N–H and O–H groups in total. The van der Waals surface area contributed by atoms with Gasteiger partial charge in [-0.25, -0.2) is 0 Å². The van der Waals surface area contributed by atoms with Gasteiger partial charge in [0.15, 0.2) is 0 Å². The highest BCUT2D eigenvalue weighted by molar-refractivity contribution is 5.80. The summed E-state index contributed by atoms with van der Waals surface area (Å²) in [4.78, 5) is 6.16. The SMILES string of the molecule is C1=CCN2C=CN=CC2=C1. The van der Waals surface area contributed by atoms with E-state index in [1.54, 1.807) is 6.20 Å². The first-order valence-electron chi connectivity index (χ1n) is 3.30. The van der Waals surface area contributed by atoms with Crippen LogP contribution in [-0.2, 0) is 0 Å². The van der Waals surface area contributed by atoms with Crippen LogP contribution in [-0.4, -0.2) is 17.7 Å². The van der Waals surface area contributed by atoms with Crippen LogP contribution in [0.25, 0.3) is 0 Å². The number of fused-ring (bicyclic) bond motifs is 1. The molecule has 2 heterocycles. The number of nitrogens with zero attached hydrogens (tertiary/aromatic N) is 2. The second kappa shape index (κ2) is 2.14. The van der Waals surface area contributed by atoms with Crippen LogP contribution in [0.15, 0.2) is 41.3 Å². The number of hydrogen-bond acceptors (Lipinski definition) is 2. The second-order valence-electron chi connectivity index (χ2n) is 2.25. The van der Waals surface area contributed by atoms with Crippen LogP contribution in [0.2, 0.25) is 0 Å². The molecular weight excluding hydrogens is 124 g/mol. The maximum atomic E-state index is 4.01. The average Bonchev–Trinajstić information content (AvgIpc) is 2.05. The predicted molar refractivity (Wildman–Crippen MR) is 41.6 cm³/mol. The summed E-state index contributed by atoms with van der Waals surface area (Å²) in [6, 6.07) is 0. The lowest BCUT2D eigenvalue weighted by molar-refractivity contribution is 0.533. The standard InChI is InChI=1S/C8H8N2/c1-2-5-10-6-4-9-7-8(10)3-1/h1-4,6-7H,5H2. The molecule has 2 aliphatic heterocycles. The first kappa shape index (κ1) is 5.47. The van der Waals surface area contributed by atoms with E-state index in [0.717, 1.165) is 6.54 Å². The molecule has 0 atom stereocenters. The van der Waals surface area contributed by atoms with Crippen molar-refractivity contribution in [2.45, 2.75) is 0 Å². The minimum Gasteiger partial charge on any atom is -0.341 e. The molecule has 0 fully saturated rings. The van der Waals surface area contributed by atoms with E-state index in [4.69, 9.17) is 0 Å². The lowest BCUT2D eigenvalue weighted by Gasteiger charge is -2.22. The number of hydrogen-bond donors (Lipinski definition) is 0. The minimum atomic E-state index is 0.967. The summed E-state index contributed by atoms with van der Waals surface area (Å²) in [5.74, 6) is 0. The van der Waals surface area contributed by atoms with Crippen molar-refractivity contribution in [2.75, 3.05) is 6.54 Å². The lowest BCUT2D eigenvalue weighted by atomic mass is 10.2. The third-order valence-electron chi connectivity index (χ3n) is 1.58. The molecule has 2 nitrogen and oxygen atoms in total. The van der Waals surface area contributed by atoms with Gasteiger partial charge in [0, 0.05) is 18.9 Å². The summed E-state index contributed by atoms with van der Waals surface area (Å²) in [6.07, 6.45) is 11.9. The van der Waals surface area contributed by atoms with Gasteiger partial charge in [0.2, 0.25) is 0 Å². The zero-order valence-electron chi connectivity index (χ0n) is 5.57. The van der Waals surface area contributed by atoms with Crippen molar-refractivity contribution in [3.05, 3.63) is 36.3 Å². The first-order chi connectivity index (χ1) is 4.97. The highest BCUT2D eigenvalue weighted by atomic mass is 15.1. The molecule has 0 aliphatic carbocycles. The monoisotopic (exact) mass is 132 g/mol. The molecule has 2 aliphatic rings. The van der Waals surface area contributed by atoms with Crippen molar-refractivity contribution in [3.63, 3.8) is 0 Å². The Labute approximate surface area is 59.9 Å². The Morgan fingerprint density at radius 2 is 2.50 bits per heavy atom. The zero-order valence-corrected chi connectivity index (χ0v) is 5.57. The van der Waals surface area contributed by atoms with Gasteiger partial charge >= 0.3 is 0 Å². The van der Waals surface area contributed by atoms with Gasteiger partial charge in [-0.2, -0.15) is 0 Å². The summed E-state index contributed by atoms with van der Waals surface area (Å²) >= 11 is 0. The molecule has 0 amide bonds. The highest BCUT2D eigenvalue weighted by Crippen LogP contribution is 2.11. The van der Waals surface area contributed by atoms with E-state index in [1.807, 2.05) is 12.4 Å². The van der Waals surface area contributed by atoms with E-state index >= 15 is 0 Å². The molecule has 0 spiro atoms. The van der Waals surface area contributed by atoms with Crippen molar-refractivity contribution >= 4 is 6.21 Å². The normalized spacial score (nSPS) is 20.8. The Bertz CT molecular complexity index is 246. The molecular formula is C8H8N2. The summed E-state index contributed by atoms with van der Waals surface area (Å²) < 4.78 is 0. The molecule has 0 saturated heterocycles. The molecule has 0 radical (unpaired) electrons. The summed E-state index contributed by atoms with van der Waals surface area (Å²) in [7, 11) is 0. The van der Waals surface area contributed by atoms with Gasteiger partial charge in [0.1, 0.15) is 0 Å². The third kappa shape index (κ3) is 0.778. The van der Waals surface area contributed by atoms with Gasteiger partial charge in [0.25, 0.3) is 0 Å². The molecule has 0 bridgehead atoms. The van der Waals surface area contributed by atoms with Gasteiger partial charge < -0.3 is 4.90 Å². The molecule has 2 rings (SSSR count). The highest BCUT2D eigenvalue weighted by Gasteiger charge is 2.06. The Kier molecular flexibility index (Phi) is 1.17. The van der Waals surface area contributed by atoms with Crippen LogP contribution in [0.5, 0.6) is 0 Å². The Morgan fingerprint density at radius 3 is 3.40 bits per heavy atom. The molecule has 10 heavy (non-hydrogen) atoms. The Balaban J connectivity index is 2.34. The number of aliphatic imine (C=N–C) groups is 1. The van der Waals surface area contributed by atoms with Crippen molar-refractivity contribution in [3.8, 4) is 0 Å². The molecule has 50 valence electrons. The topological polar surface area (TPSA) is 15.6 Å². The van der Waals surface area contributed by atoms with Gasteiger partial charge in [-0.3, -0.25) is 4.99 Å². The average molecular weight is 132 g/mol. The van der Waals surface area contributed by atoms with Crippen molar-refractivity contribution in [2.24, 2.45) is 4.99 Å².